The number of nitrogens with one attached hydrogen (secondary N) is 1. The molecule has 13 heteroatoms. The van der Waals surface area contributed by atoms with E-state index in [9.17, 15) is 17.6 Å². The van der Waals surface area contributed by atoms with Gasteiger partial charge in [-0.25, -0.2) is 19.0 Å². The van der Waals surface area contributed by atoms with E-state index < -0.39 is 17.9 Å². The summed E-state index contributed by atoms with van der Waals surface area (Å²) in [6.45, 7) is 4.13. The van der Waals surface area contributed by atoms with E-state index >= 15 is 0 Å². The molecule has 0 unspecified atom stereocenters. The van der Waals surface area contributed by atoms with Crippen molar-refractivity contribution >= 4 is 11.0 Å². The number of allylic oxidation sites excluding steroid dienone is 1. The fourth-order valence-corrected chi connectivity index (χ4v) is 4.31. The molecule has 0 radical (unpaired) electrons. The van der Waals surface area contributed by atoms with E-state index in [-0.39, 0.29) is 23.5 Å². The largest absolute Gasteiger partial charge is 0.573 e. The molecule has 3 heterocycles. The van der Waals surface area contributed by atoms with E-state index in [1.165, 1.54) is 17.2 Å². The molecule has 3 aromatic rings. The fraction of sp³-hybridized carbons (Fsp3) is 0.435. The second-order valence-corrected chi connectivity index (χ2v) is 8.95. The molecule has 1 aromatic carbocycles. The molecule has 2 aromatic heterocycles. The second kappa shape index (κ2) is 9.45. The Hall–Kier alpha value is -3.61. The Balaban J connectivity index is 1.29. The highest BCUT2D eigenvalue weighted by Gasteiger charge is 2.32. The minimum Gasteiger partial charge on any atom is -0.474 e. The predicted molar refractivity (Wildman–Crippen MR) is 119 cm³/mol. The lowest BCUT2D eigenvalue weighted by molar-refractivity contribution is -0.274. The molecule has 5 rings (SSSR count). The maximum absolute atomic E-state index is 14.6. The quantitative estimate of drug-likeness (QED) is 0.476. The zero-order valence-corrected chi connectivity index (χ0v) is 19.5. The van der Waals surface area contributed by atoms with Crippen LogP contribution in [-0.4, -0.2) is 43.3 Å². The van der Waals surface area contributed by atoms with E-state index in [0.29, 0.717) is 23.3 Å². The van der Waals surface area contributed by atoms with Crippen LogP contribution in [0.25, 0.3) is 16.7 Å². The standard InChI is InChI=1S/C23H24F4N6O3/c1-13(2)32-11-20(36-31-32)14-3-5-15(6-4-14)34-22-17-10-30-33(21(17)28-12-29-22)19-8-7-16(9-18(19)24)35-23(25,26)27/h7-15,31H,3-6H2,1-2H3. The van der Waals surface area contributed by atoms with Crippen molar-refractivity contribution in [3.63, 3.8) is 0 Å². The van der Waals surface area contributed by atoms with E-state index in [1.54, 1.807) is 0 Å². The van der Waals surface area contributed by atoms with Crippen LogP contribution in [0.15, 0.2) is 42.7 Å². The maximum atomic E-state index is 14.6. The normalized spacial score (nSPS) is 20.5. The summed E-state index contributed by atoms with van der Waals surface area (Å²) in [7, 11) is 0. The van der Waals surface area contributed by atoms with Gasteiger partial charge in [0.05, 0.1) is 12.4 Å². The predicted octanol–water partition coefficient (Wildman–Crippen LogP) is 4.79. The van der Waals surface area contributed by atoms with Crippen molar-refractivity contribution in [1.82, 2.24) is 30.3 Å². The molecule has 1 aliphatic carbocycles. The van der Waals surface area contributed by atoms with Crippen LogP contribution in [0.1, 0.15) is 39.5 Å². The Morgan fingerprint density at radius 3 is 2.58 bits per heavy atom. The summed E-state index contributed by atoms with van der Waals surface area (Å²) in [4.78, 5) is 14.0. The molecular formula is C23H24F4N6O3. The number of alkyl halides is 3. The van der Waals surface area contributed by atoms with Gasteiger partial charge in [0.25, 0.3) is 0 Å². The van der Waals surface area contributed by atoms with Gasteiger partial charge in [-0.3, -0.25) is 5.01 Å². The molecular weight excluding hydrogens is 484 g/mol. The Bertz CT molecular complexity index is 1270. The molecule has 36 heavy (non-hydrogen) atoms. The number of benzene rings is 1. The molecule has 0 amide bonds. The monoisotopic (exact) mass is 508 g/mol. The summed E-state index contributed by atoms with van der Waals surface area (Å²) in [6, 6.07) is 3.08. The number of ether oxygens (including phenoxy) is 2. The zero-order chi connectivity index (χ0) is 25.4. The smallest absolute Gasteiger partial charge is 0.474 e. The average molecular weight is 508 g/mol. The lowest BCUT2D eigenvalue weighted by Gasteiger charge is -2.28. The number of hydrazine groups is 1. The first-order chi connectivity index (χ1) is 17.2. The van der Waals surface area contributed by atoms with Gasteiger partial charge in [0.1, 0.15) is 35.0 Å². The lowest BCUT2D eigenvalue weighted by Crippen LogP contribution is -2.33. The van der Waals surface area contributed by atoms with Crippen LogP contribution < -0.4 is 15.1 Å². The Morgan fingerprint density at radius 2 is 1.92 bits per heavy atom. The van der Waals surface area contributed by atoms with Gasteiger partial charge in [0.2, 0.25) is 5.88 Å². The zero-order valence-electron chi connectivity index (χ0n) is 19.5. The van der Waals surface area contributed by atoms with E-state index in [2.05, 4.69) is 39.2 Å². The Morgan fingerprint density at radius 1 is 1.14 bits per heavy atom. The van der Waals surface area contributed by atoms with Crippen molar-refractivity contribution in [2.45, 2.75) is 58.0 Å². The third-order valence-corrected chi connectivity index (χ3v) is 6.16. The van der Waals surface area contributed by atoms with Crippen LogP contribution in [-0.2, 0) is 4.84 Å². The highest BCUT2D eigenvalue weighted by molar-refractivity contribution is 5.81. The molecule has 0 spiro atoms. The number of fused-ring (bicyclic) bond motifs is 1. The molecule has 1 N–H and O–H groups in total. The molecule has 0 bridgehead atoms. The molecule has 9 nitrogen and oxygen atoms in total. The van der Waals surface area contributed by atoms with Gasteiger partial charge in [-0.15, -0.1) is 13.2 Å². The van der Waals surface area contributed by atoms with Gasteiger partial charge >= 0.3 is 6.36 Å². The number of halogens is 4. The van der Waals surface area contributed by atoms with E-state index in [1.807, 2.05) is 11.2 Å². The van der Waals surface area contributed by atoms with Crippen LogP contribution in [0.2, 0.25) is 0 Å². The van der Waals surface area contributed by atoms with Gasteiger partial charge in [0.15, 0.2) is 11.5 Å². The highest BCUT2D eigenvalue weighted by atomic mass is 19.4. The Kier molecular flexibility index (Phi) is 6.33. The number of rotatable bonds is 6. The Labute approximate surface area is 203 Å². The number of hydrogen-bond donors (Lipinski definition) is 1. The van der Waals surface area contributed by atoms with Gasteiger partial charge in [-0.05, 0) is 51.7 Å². The topological polar surface area (TPSA) is 86.6 Å². The van der Waals surface area contributed by atoms with Gasteiger partial charge < -0.3 is 14.3 Å². The molecule has 0 saturated heterocycles. The molecule has 1 fully saturated rings. The summed E-state index contributed by atoms with van der Waals surface area (Å²) in [5.41, 5.74) is 3.09. The first-order valence-electron chi connectivity index (χ1n) is 11.5. The molecule has 192 valence electrons. The summed E-state index contributed by atoms with van der Waals surface area (Å²) < 4.78 is 63.0. The number of aromatic nitrogens is 4. The molecule has 1 saturated carbocycles. The first kappa shape index (κ1) is 24.1. The van der Waals surface area contributed by atoms with E-state index in [0.717, 1.165) is 43.6 Å². The summed E-state index contributed by atoms with van der Waals surface area (Å²) in [5.74, 6) is -0.0878. The van der Waals surface area contributed by atoms with E-state index in [4.69, 9.17) is 9.57 Å². The van der Waals surface area contributed by atoms with Crippen LogP contribution in [0.4, 0.5) is 17.6 Å². The van der Waals surface area contributed by atoms with Gasteiger partial charge in [-0.2, -0.15) is 5.10 Å². The summed E-state index contributed by atoms with van der Waals surface area (Å²) >= 11 is 0. The first-order valence-corrected chi connectivity index (χ1v) is 11.5. The van der Waals surface area contributed by atoms with Crippen LogP contribution in [0.5, 0.6) is 11.6 Å². The minimum absolute atomic E-state index is 0.0746. The third-order valence-electron chi connectivity index (χ3n) is 6.16. The van der Waals surface area contributed by atoms with Gasteiger partial charge in [0, 0.05) is 18.0 Å². The second-order valence-electron chi connectivity index (χ2n) is 8.95. The number of nitrogens with zero attached hydrogens (tertiary/aromatic N) is 5. The van der Waals surface area contributed by atoms with Crippen LogP contribution >= 0.6 is 0 Å². The summed E-state index contributed by atoms with van der Waals surface area (Å²) in [5, 5.41) is 6.56. The van der Waals surface area contributed by atoms with Gasteiger partial charge in [-0.1, -0.05) is 5.59 Å². The third kappa shape index (κ3) is 5.01. The van der Waals surface area contributed by atoms with Crippen molar-refractivity contribution in [1.29, 1.82) is 0 Å². The molecule has 1 aliphatic heterocycles. The van der Waals surface area contributed by atoms with Crippen molar-refractivity contribution < 1.29 is 31.9 Å². The molecule has 0 atom stereocenters. The SMILES string of the molecule is CC(C)N1C=C(C2CCC(Oc3ncnc4c3cnn4-c3ccc(OC(F)(F)F)cc3F)CC2)ON1. The van der Waals surface area contributed by atoms with Crippen molar-refractivity contribution in [3.05, 3.63) is 48.5 Å². The fourth-order valence-electron chi connectivity index (χ4n) is 4.31. The van der Waals surface area contributed by atoms with Crippen LogP contribution in [0.3, 0.4) is 0 Å². The highest BCUT2D eigenvalue weighted by Crippen LogP contribution is 2.35. The number of hydrogen-bond acceptors (Lipinski definition) is 8. The van der Waals surface area contributed by atoms with Crippen LogP contribution in [0, 0.1) is 11.7 Å². The van der Waals surface area contributed by atoms with Crippen molar-refractivity contribution in [3.8, 4) is 17.3 Å². The maximum Gasteiger partial charge on any atom is 0.573 e. The minimum atomic E-state index is -4.92. The van der Waals surface area contributed by atoms with Crippen molar-refractivity contribution in [2.24, 2.45) is 5.92 Å². The summed E-state index contributed by atoms with van der Waals surface area (Å²) in [6.07, 6.45) is 3.09. The average Bonchev–Trinajstić information content (AvgIpc) is 3.47. The molecule has 2 aliphatic rings. The van der Waals surface area contributed by atoms with Crippen molar-refractivity contribution in [2.75, 3.05) is 0 Å². The lowest BCUT2D eigenvalue weighted by atomic mass is 9.86.